The molecule has 26 heavy (non-hydrogen) atoms. The SMILES string of the molecule is Cc1cc(Nc2nc([C@H](N)c3ccc(F)cc3)nc3ccccc23)n[nH]1. The number of aromatic nitrogens is 4. The molecule has 0 aliphatic rings. The van der Waals surface area contributed by atoms with E-state index in [1.165, 1.54) is 12.1 Å². The predicted octanol–water partition coefficient (Wildman–Crippen LogP) is 3.59. The average molecular weight is 348 g/mol. The number of nitrogens with two attached hydrogens (primary N) is 1. The highest BCUT2D eigenvalue weighted by Gasteiger charge is 2.16. The number of H-pyrrole nitrogens is 1. The molecule has 2 aromatic carbocycles. The zero-order valence-electron chi connectivity index (χ0n) is 14.1. The van der Waals surface area contributed by atoms with Crippen LogP contribution >= 0.6 is 0 Å². The van der Waals surface area contributed by atoms with Gasteiger partial charge >= 0.3 is 0 Å². The van der Waals surface area contributed by atoms with E-state index in [2.05, 4.69) is 25.5 Å². The lowest BCUT2D eigenvalue weighted by atomic mass is 10.1. The number of nitrogens with one attached hydrogen (secondary N) is 2. The number of nitrogens with zero attached hydrogens (tertiary/aromatic N) is 3. The van der Waals surface area contributed by atoms with Gasteiger partial charge in [-0.25, -0.2) is 14.4 Å². The van der Waals surface area contributed by atoms with Gasteiger partial charge in [-0.3, -0.25) is 5.10 Å². The monoisotopic (exact) mass is 348 g/mol. The second-order valence-corrected chi connectivity index (χ2v) is 6.04. The maximum atomic E-state index is 13.2. The molecular weight excluding hydrogens is 331 g/mol. The van der Waals surface area contributed by atoms with Crippen LogP contribution in [0.2, 0.25) is 0 Å². The zero-order valence-corrected chi connectivity index (χ0v) is 14.1. The summed E-state index contributed by atoms with van der Waals surface area (Å²) in [5.74, 6) is 1.42. The Morgan fingerprint density at radius 3 is 2.58 bits per heavy atom. The molecule has 0 unspecified atom stereocenters. The number of rotatable bonds is 4. The Hall–Kier alpha value is -3.32. The number of benzene rings is 2. The van der Waals surface area contributed by atoms with Gasteiger partial charge in [0.2, 0.25) is 0 Å². The summed E-state index contributed by atoms with van der Waals surface area (Å²) in [6.07, 6.45) is 0. The number of hydrogen-bond acceptors (Lipinski definition) is 5. The Morgan fingerprint density at radius 2 is 1.85 bits per heavy atom. The Morgan fingerprint density at radius 1 is 1.08 bits per heavy atom. The fraction of sp³-hybridized carbons (Fsp3) is 0.105. The minimum Gasteiger partial charge on any atom is -0.323 e. The summed E-state index contributed by atoms with van der Waals surface area (Å²) in [6.45, 7) is 1.92. The van der Waals surface area contributed by atoms with Crippen LogP contribution in [0.1, 0.15) is 23.1 Å². The molecule has 2 aromatic heterocycles. The molecule has 0 bridgehead atoms. The summed E-state index contributed by atoms with van der Waals surface area (Å²) in [4.78, 5) is 9.19. The topological polar surface area (TPSA) is 92.5 Å². The maximum Gasteiger partial charge on any atom is 0.153 e. The molecular formula is C19H17FN6. The van der Waals surface area contributed by atoms with Crippen molar-refractivity contribution in [2.24, 2.45) is 5.73 Å². The van der Waals surface area contributed by atoms with Crippen LogP contribution < -0.4 is 11.1 Å². The highest BCUT2D eigenvalue weighted by molar-refractivity contribution is 5.90. The summed E-state index contributed by atoms with van der Waals surface area (Å²) < 4.78 is 13.2. The van der Waals surface area contributed by atoms with E-state index in [1.54, 1.807) is 12.1 Å². The molecule has 0 saturated heterocycles. The second kappa shape index (κ2) is 6.53. The quantitative estimate of drug-likeness (QED) is 0.524. The molecule has 1 atom stereocenters. The summed E-state index contributed by atoms with van der Waals surface area (Å²) >= 11 is 0. The van der Waals surface area contributed by atoms with Crippen molar-refractivity contribution in [3.63, 3.8) is 0 Å². The maximum absolute atomic E-state index is 13.2. The van der Waals surface area contributed by atoms with Gasteiger partial charge < -0.3 is 11.1 Å². The molecule has 0 fully saturated rings. The molecule has 6 nitrogen and oxygen atoms in total. The van der Waals surface area contributed by atoms with Crippen LogP contribution in [0.5, 0.6) is 0 Å². The van der Waals surface area contributed by atoms with Gasteiger partial charge in [-0.05, 0) is 36.8 Å². The minimum atomic E-state index is -0.568. The van der Waals surface area contributed by atoms with Crippen LogP contribution in [-0.4, -0.2) is 20.2 Å². The molecule has 4 aromatic rings. The van der Waals surface area contributed by atoms with Gasteiger partial charge in [0, 0.05) is 17.1 Å². The Balaban J connectivity index is 1.79. The molecule has 0 spiro atoms. The third kappa shape index (κ3) is 3.12. The van der Waals surface area contributed by atoms with Crippen molar-refractivity contribution >= 4 is 22.5 Å². The molecule has 0 radical (unpaired) electrons. The van der Waals surface area contributed by atoms with Crippen molar-refractivity contribution in [2.75, 3.05) is 5.32 Å². The molecule has 0 saturated carbocycles. The van der Waals surface area contributed by atoms with Gasteiger partial charge in [0.15, 0.2) is 11.6 Å². The summed E-state index contributed by atoms with van der Waals surface area (Å²) in [6, 6.07) is 15.0. The van der Waals surface area contributed by atoms with E-state index in [1.807, 2.05) is 37.3 Å². The highest BCUT2D eigenvalue weighted by Crippen LogP contribution is 2.26. The van der Waals surface area contributed by atoms with Crippen LogP contribution in [0.3, 0.4) is 0 Å². The van der Waals surface area contributed by atoms with Crippen molar-refractivity contribution < 1.29 is 4.39 Å². The third-order valence-corrected chi connectivity index (χ3v) is 4.08. The van der Waals surface area contributed by atoms with Crippen LogP contribution in [0.15, 0.2) is 54.6 Å². The lowest BCUT2D eigenvalue weighted by Gasteiger charge is -2.14. The van der Waals surface area contributed by atoms with E-state index in [0.717, 1.165) is 22.2 Å². The molecule has 0 aliphatic carbocycles. The lowest BCUT2D eigenvalue weighted by molar-refractivity contribution is 0.626. The number of para-hydroxylation sites is 1. The minimum absolute atomic E-state index is 0.309. The van der Waals surface area contributed by atoms with E-state index in [9.17, 15) is 4.39 Å². The summed E-state index contributed by atoms with van der Waals surface area (Å²) in [5.41, 5.74) is 8.77. The van der Waals surface area contributed by atoms with Crippen molar-refractivity contribution in [1.82, 2.24) is 20.2 Å². The first-order valence-electron chi connectivity index (χ1n) is 8.17. The van der Waals surface area contributed by atoms with Crippen LogP contribution in [0.25, 0.3) is 10.9 Å². The van der Waals surface area contributed by atoms with Crippen molar-refractivity contribution in [1.29, 1.82) is 0 Å². The molecule has 2 heterocycles. The number of aromatic amines is 1. The van der Waals surface area contributed by atoms with Gasteiger partial charge in [0.05, 0.1) is 11.6 Å². The lowest BCUT2D eigenvalue weighted by Crippen LogP contribution is -2.16. The first-order chi connectivity index (χ1) is 12.6. The fourth-order valence-corrected chi connectivity index (χ4v) is 2.75. The highest BCUT2D eigenvalue weighted by atomic mass is 19.1. The van der Waals surface area contributed by atoms with Crippen LogP contribution in [0, 0.1) is 12.7 Å². The number of fused-ring (bicyclic) bond motifs is 1. The first kappa shape index (κ1) is 16.2. The van der Waals surface area contributed by atoms with Gasteiger partial charge in [-0.15, -0.1) is 0 Å². The molecule has 7 heteroatoms. The van der Waals surface area contributed by atoms with Crippen molar-refractivity contribution in [3.05, 3.63) is 77.5 Å². The Bertz CT molecular complexity index is 1060. The normalized spacial score (nSPS) is 12.3. The Labute approximate surface area is 149 Å². The Kier molecular flexibility index (Phi) is 4.06. The molecule has 130 valence electrons. The predicted molar refractivity (Wildman–Crippen MR) is 98.6 cm³/mol. The largest absolute Gasteiger partial charge is 0.323 e. The second-order valence-electron chi connectivity index (χ2n) is 6.04. The number of hydrogen-bond donors (Lipinski definition) is 3. The molecule has 4 rings (SSSR count). The summed E-state index contributed by atoms with van der Waals surface area (Å²) in [7, 11) is 0. The smallest absolute Gasteiger partial charge is 0.153 e. The molecule has 0 aliphatic heterocycles. The average Bonchev–Trinajstić information content (AvgIpc) is 3.06. The fourth-order valence-electron chi connectivity index (χ4n) is 2.75. The number of aryl methyl sites for hydroxylation is 1. The molecule has 4 N–H and O–H groups in total. The number of halogens is 1. The van der Waals surface area contributed by atoms with E-state index >= 15 is 0 Å². The van der Waals surface area contributed by atoms with Gasteiger partial charge in [0.1, 0.15) is 11.6 Å². The summed E-state index contributed by atoms with van der Waals surface area (Å²) in [5, 5.41) is 11.2. The standard InChI is InChI=1S/C19H17FN6/c1-11-10-16(26-25-11)23-18-14-4-2-3-5-15(14)22-19(24-18)17(21)12-6-8-13(20)9-7-12/h2-10,17H,21H2,1H3,(H2,22,23,24,25,26)/t17-/m1/s1. The first-order valence-corrected chi connectivity index (χ1v) is 8.17. The van der Waals surface area contributed by atoms with Crippen molar-refractivity contribution in [3.8, 4) is 0 Å². The van der Waals surface area contributed by atoms with Gasteiger partial charge in [-0.1, -0.05) is 24.3 Å². The zero-order chi connectivity index (χ0) is 18.1. The number of anilines is 2. The van der Waals surface area contributed by atoms with E-state index in [4.69, 9.17) is 5.73 Å². The van der Waals surface area contributed by atoms with Crippen molar-refractivity contribution in [2.45, 2.75) is 13.0 Å². The van der Waals surface area contributed by atoms with Crippen LogP contribution in [-0.2, 0) is 0 Å². The van der Waals surface area contributed by atoms with Gasteiger partial charge in [-0.2, -0.15) is 5.10 Å². The van der Waals surface area contributed by atoms with E-state index in [0.29, 0.717) is 17.5 Å². The molecule has 0 amide bonds. The van der Waals surface area contributed by atoms with E-state index in [-0.39, 0.29) is 5.82 Å². The van der Waals surface area contributed by atoms with Crippen LogP contribution in [0.4, 0.5) is 16.0 Å². The van der Waals surface area contributed by atoms with Gasteiger partial charge in [0.25, 0.3) is 0 Å². The third-order valence-electron chi connectivity index (χ3n) is 4.08. The van der Waals surface area contributed by atoms with E-state index < -0.39 is 6.04 Å².